The molecule has 0 radical (unpaired) electrons. The van der Waals surface area contributed by atoms with Crippen molar-refractivity contribution in [1.82, 2.24) is 0 Å². The number of carbonyl (C=O) groups excluding carboxylic acids is 1. The monoisotopic (exact) mass is 831 g/mol. The zero-order valence-corrected chi connectivity index (χ0v) is 37.2. The fourth-order valence-corrected chi connectivity index (χ4v) is 6.73. The van der Waals surface area contributed by atoms with Crippen molar-refractivity contribution < 1.29 is 44.2 Å². The SMILES string of the molecule is CC/C=C\C/C=C\C/C=C\C/C=C\C/C=C\C/C=C\CCCCCCCCC(=O)OC(COCCCCCCCCCCCCC)COC1OC(CO)C(O)C(O)C1O. The third kappa shape index (κ3) is 32.1. The molecule has 6 unspecified atom stereocenters. The summed E-state index contributed by atoms with van der Waals surface area (Å²) in [5.41, 5.74) is 0. The third-order valence-corrected chi connectivity index (χ3v) is 10.4. The largest absolute Gasteiger partial charge is 0.457 e. The van der Waals surface area contributed by atoms with Gasteiger partial charge in [0.15, 0.2) is 6.29 Å². The van der Waals surface area contributed by atoms with Gasteiger partial charge in [0.1, 0.15) is 30.5 Å². The van der Waals surface area contributed by atoms with Gasteiger partial charge in [0.2, 0.25) is 0 Å². The second kappa shape index (κ2) is 41.0. The molecule has 6 atom stereocenters. The highest BCUT2D eigenvalue weighted by Crippen LogP contribution is 2.22. The lowest BCUT2D eigenvalue weighted by molar-refractivity contribution is -0.305. The summed E-state index contributed by atoms with van der Waals surface area (Å²) in [6.07, 6.45) is 46.4. The summed E-state index contributed by atoms with van der Waals surface area (Å²) < 4.78 is 22.8. The van der Waals surface area contributed by atoms with Crippen LogP contribution in [-0.2, 0) is 23.7 Å². The van der Waals surface area contributed by atoms with Crippen molar-refractivity contribution in [3.63, 3.8) is 0 Å². The number of esters is 1. The van der Waals surface area contributed by atoms with Gasteiger partial charge in [-0.2, -0.15) is 0 Å². The fraction of sp³-hybridized carbons (Fsp3) is 0.740. The number of aliphatic hydroxyl groups is 4. The van der Waals surface area contributed by atoms with Crippen LogP contribution < -0.4 is 0 Å². The molecule has 0 aromatic rings. The predicted molar refractivity (Wildman–Crippen MR) is 242 cm³/mol. The van der Waals surface area contributed by atoms with E-state index < -0.39 is 43.4 Å². The molecule has 9 nitrogen and oxygen atoms in total. The van der Waals surface area contributed by atoms with Crippen LogP contribution in [0.15, 0.2) is 72.9 Å². The van der Waals surface area contributed by atoms with Crippen LogP contribution in [0.3, 0.4) is 0 Å². The van der Waals surface area contributed by atoms with Crippen molar-refractivity contribution in [3.8, 4) is 0 Å². The molecule has 0 amide bonds. The zero-order chi connectivity index (χ0) is 42.9. The Labute approximate surface area is 359 Å². The molecular weight excluding hydrogens is 745 g/mol. The first-order valence-electron chi connectivity index (χ1n) is 23.5. The Bertz CT molecular complexity index is 1130. The molecule has 0 aliphatic carbocycles. The van der Waals surface area contributed by atoms with Gasteiger partial charge in [-0.3, -0.25) is 4.79 Å². The van der Waals surface area contributed by atoms with Crippen molar-refractivity contribution in [2.75, 3.05) is 26.4 Å². The smallest absolute Gasteiger partial charge is 0.306 e. The Morgan fingerprint density at radius 1 is 0.559 bits per heavy atom. The van der Waals surface area contributed by atoms with Crippen LogP contribution in [0.25, 0.3) is 0 Å². The second-order valence-corrected chi connectivity index (χ2v) is 15.8. The van der Waals surface area contributed by atoms with Crippen LogP contribution in [0.2, 0.25) is 0 Å². The van der Waals surface area contributed by atoms with Gasteiger partial charge in [-0.05, 0) is 64.2 Å². The van der Waals surface area contributed by atoms with Gasteiger partial charge in [0, 0.05) is 13.0 Å². The minimum Gasteiger partial charge on any atom is -0.457 e. The predicted octanol–water partition coefficient (Wildman–Crippen LogP) is 10.9. The van der Waals surface area contributed by atoms with Gasteiger partial charge >= 0.3 is 5.97 Å². The molecule has 1 aliphatic heterocycles. The van der Waals surface area contributed by atoms with E-state index in [1.54, 1.807) is 0 Å². The molecule has 1 fully saturated rings. The fourth-order valence-electron chi connectivity index (χ4n) is 6.73. The Morgan fingerprint density at radius 2 is 1.03 bits per heavy atom. The summed E-state index contributed by atoms with van der Waals surface area (Å²) in [4.78, 5) is 12.8. The molecule has 1 heterocycles. The number of hydrogen-bond donors (Lipinski definition) is 4. The maximum atomic E-state index is 12.8. The molecule has 0 aromatic heterocycles. The first kappa shape index (κ1) is 54.6. The lowest BCUT2D eigenvalue weighted by atomic mass is 9.99. The first-order chi connectivity index (χ1) is 28.9. The highest BCUT2D eigenvalue weighted by molar-refractivity contribution is 5.69. The van der Waals surface area contributed by atoms with E-state index in [4.69, 9.17) is 18.9 Å². The van der Waals surface area contributed by atoms with Gasteiger partial charge < -0.3 is 39.4 Å². The lowest BCUT2D eigenvalue weighted by Gasteiger charge is -2.39. The van der Waals surface area contributed by atoms with Crippen molar-refractivity contribution in [3.05, 3.63) is 72.9 Å². The molecule has 0 spiro atoms. The highest BCUT2D eigenvalue weighted by atomic mass is 16.7. The molecule has 59 heavy (non-hydrogen) atoms. The quantitative estimate of drug-likeness (QED) is 0.0271. The topological polar surface area (TPSA) is 135 Å². The molecule has 4 N–H and O–H groups in total. The molecule has 1 aliphatic rings. The van der Waals surface area contributed by atoms with Gasteiger partial charge in [-0.1, -0.05) is 177 Å². The van der Waals surface area contributed by atoms with Crippen LogP contribution >= 0.6 is 0 Å². The number of rotatable bonds is 39. The summed E-state index contributed by atoms with van der Waals surface area (Å²) >= 11 is 0. The number of aliphatic hydroxyl groups excluding tert-OH is 4. The summed E-state index contributed by atoms with van der Waals surface area (Å²) in [6, 6.07) is 0. The average Bonchev–Trinajstić information content (AvgIpc) is 3.24. The second-order valence-electron chi connectivity index (χ2n) is 15.8. The van der Waals surface area contributed by atoms with E-state index in [2.05, 4.69) is 86.8 Å². The van der Waals surface area contributed by atoms with Crippen molar-refractivity contribution >= 4 is 5.97 Å². The van der Waals surface area contributed by atoms with Crippen LogP contribution in [0.4, 0.5) is 0 Å². The number of allylic oxidation sites excluding steroid dienone is 12. The lowest BCUT2D eigenvalue weighted by Crippen LogP contribution is -2.59. The number of hydrogen-bond acceptors (Lipinski definition) is 9. The van der Waals surface area contributed by atoms with E-state index in [0.717, 1.165) is 83.5 Å². The Kier molecular flexibility index (Phi) is 38.0. The highest BCUT2D eigenvalue weighted by Gasteiger charge is 2.44. The molecule has 1 saturated heterocycles. The van der Waals surface area contributed by atoms with Crippen molar-refractivity contribution in [2.45, 2.75) is 211 Å². The summed E-state index contributed by atoms with van der Waals surface area (Å²) in [6.45, 7) is 4.41. The summed E-state index contributed by atoms with van der Waals surface area (Å²) in [5, 5.41) is 40.1. The van der Waals surface area contributed by atoms with Gasteiger partial charge in [0.25, 0.3) is 0 Å². The first-order valence-corrected chi connectivity index (χ1v) is 23.5. The van der Waals surface area contributed by atoms with Gasteiger partial charge in [-0.25, -0.2) is 0 Å². The van der Waals surface area contributed by atoms with Crippen LogP contribution in [0, 0.1) is 0 Å². The number of unbranched alkanes of at least 4 members (excludes halogenated alkanes) is 16. The summed E-state index contributed by atoms with van der Waals surface area (Å²) in [5.74, 6) is -0.330. The minimum atomic E-state index is -1.54. The van der Waals surface area contributed by atoms with E-state index in [-0.39, 0.29) is 19.2 Å². The van der Waals surface area contributed by atoms with E-state index >= 15 is 0 Å². The summed E-state index contributed by atoms with van der Waals surface area (Å²) in [7, 11) is 0. The molecule has 9 heteroatoms. The third-order valence-electron chi connectivity index (χ3n) is 10.4. The standard InChI is InChI=1S/C50H86O9/c1-3-5-7-9-11-13-15-16-17-18-19-20-21-22-23-24-25-26-27-28-29-31-33-35-37-39-46(52)58-44(43-57-50-49(55)48(54)47(53)45(41-51)59-50)42-56-40-38-36-34-32-30-14-12-10-8-6-4-2/h5,7,11,13,16-17,19-20,22-23,25-26,44-45,47-51,53-55H,3-4,6,8-10,12,14-15,18,21,24,27-43H2,1-2H3/b7-5-,13-11-,17-16-,20-19-,23-22-,26-25-. The Balaban J connectivity index is 2.23. The molecule has 0 saturated carbocycles. The zero-order valence-electron chi connectivity index (χ0n) is 37.2. The van der Waals surface area contributed by atoms with Gasteiger partial charge in [0.05, 0.1) is 19.8 Å². The normalized spacial score (nSPS) is 20.8. The van der Waals surface area contributed by atoms with Crippen LogP contribution in [-0.4, -0.2) is 89.6 Å². The average molecular weight is 831 g/mol. The molecular formula is C50H86O9. The van der Waals surface area contributed by atoms with Crippen molar-refractivity contribution in [1.29, 1.82) is 0 Å². The van der Waals surface area contributed by atoms with E-state index in [9.17, 15) is 25.2 Å². The Morgan fingerprint density at radius 3 is 1.56 bits per heavy atom. The Hall–Kier alpha value is -2.37. The van der Waals surface area contributed by atoms with Crippen LogP contribution in [0.5, 0.6) is 0 Å². The molecule has 340 valence electrons. The van der Waals surface area contributed by atoms with Crippen LogP contribution in [0.1, 0.15) is 174 Å². The molecule has 1 rings (SSSR count). The molecule has 0 bridgehead atoms. The maximum Gasteiger partial charge on any atom is 0.306 e. The van der Waals surface area contributed by atoms with E-state index in [1.165, 1.54) is 70.6 Å². The molecule has 0 aromatic carbocycles. The number of carbonyl (C=O) groups is 1. The minimum absolute atomic E-state index is 0.122. The van der Waals surface area contributed by atoms with Crippen molar-refractivity contribution in [2.24, 2.45) is 0 Å². The van der Waals surface area contributed by atoms with Gasteiger partial charge in [-0.15, -0.1) is 0 Å². The van der Waals surface area contributed by atoms with E-state index in [0.29, 0.717) is 13.0 Å². The number of ether oxygens (including phenoxy) is 4. The maximum absolute atomic E-state index is 12.8. The van der Waals surface area contributed by atoms with E-state index in [1.807, 2.05) is 0 Å².